The van der Waals surface area contributed by atoms with Crippen molar-refractivity contribution >= 4 is 6.20 Å². The lowest BCUT2D eigenvalue weighted by Gasteiger charge is -1.87. The van der Waals surface area contributed by atoms with Gasteiger partial charge >= 0.3 is 0 Å². The summed E-state index contributed by atoms with van der Waals surface area (Å²) >= 11 is 0. The Morgan fingerprint density at radius 1 is 1.55 bits per heavy atom. The molecule has 1 rings (SSSR count). The first-order chi connectivity index (χ1) is 5.31. The van der Waals surface area contributed by atoms with Crippen LogP contribution in [0.3, 0.4) is 0 Å². The Bertz CT molecular complexity index is 361. The summed E-state index contributed by atoms with van der Waals surface area (Å²) in [6, 6.07) is 3.66. The van der Waals surface area contributed by atoms with Crippen LogP contribution in [0, 0.1) is 22.7 Å². The molecular formula is C7H4N4. The Morgan fingerprint density at radius 3 is 2.64 bits per heavy atom. The molecule has 0 bridgehead atoms. The zero-order chi connectivity index (χ0) is 8.27. The van der Waals surface area contributed by atoms with Gasteiger partial charge in [-0.15, -0.1) is 0 Å². The van der Waals surface area contributed by atoms with Crippen molar-refractivity contribution in [2.24, 2.45) is 0 Å². The minimum atomic E-state index is 0.177. The maximum absolute atomic E-state index is 8.47. The van der Waals surface area contributed by atoms with Crippen LogP contribution in [0.25, 0.3) is 6.20 Å². The number of imidazole rings is 1. The minimum absolute atomic E-state index is 0.177. The van der Waals surface area contributed by atoms with E-state index in [0.29, 0.717) is 0 Å². The Labute approximate surface area is 63.6 Å². The molecule has 0 fully saturated rings. The Hall–Kier alpha value is -2.07. The van der Waals surface area contributed by atoms with Gasteiger partial charge in [-0.25, -0.2) is 4.98 Å². The van der Waals surface area contributed by atoms with E-state index in [-0.39, 0.29) is 11.5 Å². The average Bonchev–Trinajstić information content (AvgIpc) is 2.46. The van der Waals surface area contributed by atoms with Crippen LogP contribution in [0.2, 0.25) is 0 Å². The summed E-state index contributed by atoms with van der Waals surface area (Å²) in [4.78, 5) is 3.69. The third-order valence-electron chi connectivity index (χ3n) is 1.14. The first-order valence-corrected chi connectivity index (χ1v) is 2.83. The van der Waals surface area contributed by atoms with Crippen LogP contribution >= 0.6 is 0 Å². The van der Waals surface area contributed by atoms with E-state index in [9.17, 15) is 0 Å². The maximum Gasteiger partial charge on any atom is 0.218 e. The summed E-state index contributed by atoms with van der Waals surface area (Å²) in [6.45, 7) is 3.45. The smallest absolute Gasteiger partial charge is 0.218 e. The van der Waals surface area contributed by atoms with Gasteiger partial charge in [0.05, 0.1) is 0 Å². The second-order valence-corrected chi connectivity index (χ2v) is 1.76. The highest BCUT2D eigenvalue weighted by Gasteiger charge is 2.02. The summed E-state index contributed by atoms with van der Waals surface area (Å²) in [5, 5.41) is 16.9. The molecule has 0 aliphatic carbocycles. The van der Waals surface area contributed by atoms with Gasteiger partial charge in [-0.05, 0) is 0 Å². The summed E-state index contributed by atoms with van der Waals surface area (Å²) in [7, 11) is 0. The standard InChI is InChI=1S/C7H4N4/c1-2-11-5-6(3-8)10-7(11)4-9/h2,5H,1H2. The lowest BCUT2D eigenvalue weighted by atomic mass is 10.5. The molecule has 0 radical (unpaired) electrons. The fourth-order valence-corrected chi connectivity index (χ4v) is 0.669. The Morgan fingerprint density at radius 2 is 2.27 bits per heavy atom. The van der Waals surface area contributed by atoms with Crippen molar-refractivity contribution in [1.29, 1.82) is 10.5 Å². The lowest BCUT2D eigenvalue weighted by molar-refractivity contribution is 1.09. The van der Waals surface area contributed by atoms with Gasteiger partial charge in [-0.2, -0.15) is 10.5 Å². The van der Waals surface area contributed by atoms with E-state index in [1.807, 2.05) is 12.1 Å². The quantitative estimate of drug-likeness (QED) is 0.583. The molecule has 1 heterocycles. The van der Waals surface area contributed by atoms with Crippen molar-refractivity contribution in [1.82, 2.24) is 9.55 Å². The highest BCUT2D eigenvalue weighted by Crippen LogP contribution is 2.00. The minimum Gasteiger partial charge on any atom is -0.297 e. The van der Waals surface area contributed by atoms with E-state index < -0.39 is 0 Å². The number of rotatable bonds is 1. The Balaban J connectivity index is 3.28. The number of nitrogens with zero attached hydrogens (tertiary/aromatic N) is 4. The van der Waals surface area contributed by atoms with Gasteiger partial charge in [0.15, 0.2) is 5.69 Å². The van der Waals surface area contributed by atoms with Crippen molar-refractivity contribution in [2.45, 2.75) is 0 Å². The molecule has 1 aromatic rings. The molecular weight excluding hydrogens is 140 g/mol. The molecule has 0 spiro atoms. The molecule has 0 saturated carbocycles. The van der Waals surface area contributed by atoms with Crippen LogP contribution in [0.1, 0.15) is 11.5 Å². The number of nitriles is 2. The lowest BCUT2D eigenvalue weighted by Crippen LogP contribution is -1.87. The second-order valence-electron chi connectivity index (χ2n) is 1.76. The molecule has 4 heteroatoms. The van der Waals surface area contributed by atoms with Crippen molar-refractivity contribution < 1.29 is 0 Å². The van der Waals surface area contributed by atoms with Gasteiger partial charge in [0.25, 0.3) is 0 Å². The van der Waals surface area contributed by atoms with Crippen molar-refractivity contribution in [2.75, 3.05) is 0 Å². The summed E-state index contributed by atoms with van der Waals surface area (Å²) in [5.41, 5.74) is 0.224. The zero-order valence-corrected chi connectivity index (χ0v) is 5.65. The van der Waals surface area contributed by atoms with Gasteiger partial charge in [-0.1, -0.05) is 6.58 Å². The molecule has 52 valence electrons. The van der Waals surface area contributed by atoms with E-state index in [0.717, 1.165) is 0 Å². The van der Waals surface area contributed by atoms with Gasteiger partial charge in [0, 0.05) is 12.4 Å². The van der Waals surface area contributed by atoms with Gasteiger partial charge < -0.3 is 0 Å². The van der Waals surface area contributed by atoms with E-state index in [4.69, 9.17) is 10.5 Å². The van der Waals surface area contributed by atoms with Crippen LogP contribution in [-0.4, -0.2) is 9.55 Å². The molecule has 0 aromatic carbocycles. The van der Waals surface area contributed by atoms with Crippen LogP contribution in [0.5, 0.6) is 0 Å². The molecule has 4 nitrogen and oxygen atoms in total. The SMILES string of the molecule is C=Cn1cc(C#N)nc1C#N. The highest BCUT2D eigenvalue weighted by molar-refractivity contribution is 5.33. The molecule has 11 heavy (non-hydrogen) atoms. The molecule has 0 atom stereocenters. The molecule has 0 saturated heterocycles. The van der Waals surface area contributed by atoms with Crippen molar-refractivity contribution in [3.63, 3.8) is 0 Å². The number of aromatic nitrogens is 2. The van der Waals surface area contributed by atoms with E-state index in [2.05, 4.69) is 11.6 Å². The van der Waals surface area contributed by atoms with Crippen molar-refractivity contribution in [3.05, 3.63) is 24.3 Å². The second kappa shape index (κ2) is 2.68. The van der Waals surface area contributed by atoms with Gasteiger partial charge in [0.1, 0.15) is 12.1 Å². The zero-order valence-electron chi connectivity index (χ0n) is 5.65. The van der Waals surface area contributed by atoms with Crippen LogP contribution in [0.15, 0.2) is 12.8 Å². The normalized spacial score (nSPS) is 8.18. The largest absolute Gasteiger partial charge is 0.297 e. The molecule has 0 unspecified atom stereocenters. The molecule has 0 N–H and O–H groups in total. The Kier molecular flexibility index (Phi) is 1.71. The molecule has 1 aromatic heterocycles. The third-order valence-corrected chi connectivity index (χ3v) is 1.14. The number of hydrogen-bond acceptors (Lipinski definition) is 3. The third kappa shape index (κ3) is 1.10. The summed E-state index contributed by atoms with van der Waals surface area (Å²) in [5.74, 6) is 0.177. The van der Waals surface area contributed by atoms with E-state index in [1.54, 1.807) is 0 Å². The average molecular weight is 144 g/mol. The van der Waals surface area contributed by atoms with Crippen molar-refractivity contribution in [3.8, 4) is 12.1 Å². The van der Waals surface area contributed by atoms with E-state index >= 15 is 0 Å². The molecule has 0 amide bonds. The van der Waals surface area contributed by atoms with E-state index in [1.165, 1.54) is 17.0 Å². The number of hydrogen-bond donors (Lipinski definition) is 0. The van der Waals surface area contributed by atoms with Crippen LogP contribution in [0.4, 0.5) is 0 Å². The predicted octanol–water partition coefficient (Wildman–Crippen LogP) is 0.727. The first kappa shape index (κ1) is 7.04. The monoisotopic (exact) mass is 144 g/mol. The van der Waals surface area contributed by atoms with Crippen LogP contribution < -0.4 is 0 Å². The van der Waals surface area contributed by atoms with Crippen LogP contribution in [-0.2, 0) is 0 Å². The topological polar surface area (TPSA) is 65.4 Å². The predicted molar refractivity (Wildman–Crippen MR) is 38.0 cm³/mol. The first-order valence-electron chi connectivity index (χ1n) is 2.83. The van der Waals surface area contributed by atoms with Gasteiger partial charge in [-0.3, -0.25) is 4.57 Å². The fourth-order valence-electron chi connectivity index (χ4n) is 0.669. The fraction of sp³-hybridized carbons (Fsp3) is 0. The van der Waals surface area contributed by atoms with Gasteiger partial charge in [0.2, 0.25) is 5.82 Å². The summed E-state index contributed by atoms with van der Waals surface area (Å²) < 4.78 is 1.40. The maximum atomic E-state index is 8.47. The molecule has 0 aliphatic heterocycles. The highest BCUT2D eigenvalue weighted by atomic mass is 15.1. The molecule has 0 aliphatic rings. The summed E-state index contributed by atoms with van der Waals surface area (Å²) in [6.07, 6.45) is 2.87.